The van der Waals surface area contributed by atoms with Crippen LogP contribution < -0.4 is 5.32 Å². The van der Waals surface area contributed by atoms with Gasteiger partial charge in [0.05, 0.1) is 39.9 Å². The summed E-state index contributed by atoms with van der Waals surface area (Å²) in [6.07, 6.45) is 66.1. The largest absolute Gasteiger partial charge is 0.472 e. The van der Waals surface area contributed by atoms with Crippen LogP contribution in [-0.2, 0) is 18.4 Å². The van der Waals surface area contributed by atoms with Crippen LogP contribution in [0.3, 0.4) is 0 Å². The van der Waals surface area contributed by atoms with E-state index >= 15 is 0 Å². The fraction of sp³-hybridized carbons (Fsp3) is 0.655. The number of hydrogen-bond acceptors (Lipinski definition) is 5. The average Bonchev–Trinajstić information content (AvgIpc) is 3.25. The van der Waals surface area contributed by atoms with Gasteiger partial charge in [-0.25, -0.2) is 4.57 Å². The van der Waals surface area contributed by atoms with E-state index in [0.29, 0.717) is 17.4 Å². The second-order valence-corrected chi connectivity index (χ2v) is 19.3. The van der Waals surface area contributed by atoms with Crippen molar-refractivity contribution in [2.75, 3.05) is 40.9 Å². The number of hydrogen-bond donors (Lipinski definition) is 3. The van der Waals surface area contributed by atoms with Crippen molar-refractivity contribution in [3.8, 4) is 0 Å². The Balaban J connectivity index is 4.21. The number of aliphatic hydroxyl groups excluding tert-OH is 1. The van der Waals surface area contributed by atoms with Gasteiger partial charge in [-0.2, -0.15) is 0 Å². The highest BCUT2D eigenvalue weighted by Crippen LogP contribution is 2.43. The lowest BCUT2D eigenvalue weighted by Gasteiger charge is -2.25. The van der Waals surface area contributed by atoms with Gasteiger partial charge in [0.1, 0.15) is 13.2 Å². The molecule has 0 heterocycles. The Labute approximate surface area is 393 Å². The molecule has 3 N–H and O–H groups in total. The number of amides is 1. The van der Waals surface area contributed by atoms with Gasteiger partial charge < -0.3 is 19.8 Å². The number of carbonyl (C=O) groups excluding carboxylic acids is 1. The van der Waals surface area contributed by atoms with Crippen molar-refractivity contribution in [3.63, 3.8) is 0 Å². The fourth-order valence-corrected chi connectivity index (χ4v) is 7.24. The zero-order valence-corrected chi connectivity index (χ0v) is 42.4. The molecule has 0 fully saturated rings. The highest BCUT2D eigenvalue weighted by molar-refractivity contribution is 7.47. The minimum Gasteiger partial charge on any atom is -0.387 e. The molecule has 366 valence electrons. The number of phosphoric acid groups is 1. The molecule has 0 saturated carbocycles. The summed E-state index contributed by atoms with van der Waals surface area (Å²) in [5.41, 5.74) is 0. The Morgan fingerprint density at radius 2 is 0.953 bits per heavy atom. The van der Waals surface area contributed by atoms with Gasteiger partial charge in [-0.1, -0.05) is 194 Å². The van der Waals surface area contributed by atoms with Crippen LogP contribution in [0.2, 0.25) is 0 Å². The van der Waals surface area contributed by atoms with E-state index in [1.807, 2.05) is 27.2 Å². The van der Waals surface area contributed by atoms with E-state index in [1.54, 1.807) is 6.08 Å². The maximum absolute atomic E-state index is 12.9. The summed E-state index contributed by atoms with van der Waals surface area (Å²) in [7, 11) is 1.53. The first-order valence-electron chi connectivity index (χ1n) is 25.3. The molecule has 0 radical (unpaired) electrons. The molecule has 1 amide bonds. The predicted molar refractivity (Wildman–Crippen MR) is 276 cm³/mol. The number of aliphatic hydroxyl groups is 1. The number of likely N-dealkylation sites (N-methyl/N-ethyl adjacent to an activating group) is 1. The first kappa shape index (κ1) is 61.2. The molecule has 0 aliphatic rings. The molecule has 0 aromatic heterocycles. The van der Waals surface area contributed by atoms with Crippen LogP contribution in [0.4, 0.5) is 0 Å². The third kappa shape index (κ3) is 47.1. The van der Waals surface area contributed by atoms with E-state index < -0.39 is 20.0 Å². The zero-order valence-electron chi connectivity index (χ0n) is 41.5. The van der Waals surface area contributed by atoms with Crippen molar-refractivity contribution in [2.24, 2.45) is 0 Å². The topological polar surface area (TPSA) is 105 Å². The molecule has 0 saturated heterocycles. The average molecular weight is 912 g/mol. The van der Waals surface area contributed by atoms with Gasteiger partial charge in [0.25, 0.3) is 0 Å². The van der Waals surface area contributed by atoms with Gasteiger partial charge in [-0.15, -0.1) is 0 Å². The van der Waals surface area contributed by atoms with Crippen LogP contribution >= 0.6 is 7.82 Å². The third-order valence-electron chi connectivity index (χ3n) is 10.5. The van der Waals surface area contributed by atoms with Crippen LogP contribution in [0.1, 0.15) is 181 Å². The summed E-state index contributed by atoms with van der Waals surface area (Å²) in [6.45, 7) is 4.62. The van der Waals surface area contributed by atoms with Gasteiger partial charge in [0.15, 0.2) is 0 Å². The van der Waals surface area contributed by atoms with Crippen LogP contribution in [0.25, 0.3) is 0 Å². The second-order valence-electron chi connectivity index (χ2n) is 17.8. The summed E-state index contributed by atoms with van der Waals surface area (Å²) >= 11 is 0. The number of nitrogens with zero attached hydrogens (tertiary/aromatic N) is 1. The molecule has 8 nitrogen and oxygen atoms in total. The Morgan fingerprint density at radius 3 is 1.44 bits per heavy atom. The van der Waals surface area contributed by atoms with E-state index in [2.05, 4.69) is 116 Å². The van der Waals surface area contributed by atoms with E-state index in [-0.39, 0.29) is 19.1 Å². The minimum atomic E-state index is -4.35. The summed E-state index contributed by atoms with van der Waals surface area (Å²) in [4.78, 5) is 23.1. The smallest absolute Gasteiger partial charge is 0.387 e. The van der Waals surface area contributed by atoms with Gasteiger partial charge in [0, 0.05) is 6.42 Å². The third-order valence-corrected chi connectivity index (χ3v) is 11.5. The lowest BCUT2D eigenvalue weighted by atomic mass is 10.1. The van der Waals surface area contributed by atoms with Crippen LogP contribution in [0.5, 0.6) is 0 Å². The van der Waals surface area contributed by atoms with E-state index in [4.69, 9.17) is 9.05 Å². The molecule has 0 aliphatic heterocycles. The minimum absolute atomic E-state index is 0.0491. The molecule has 64 heavy (non-hydrogen) atoms. The summed E-state index contributed by atoms with van der Waals surface area (Å²) in [5.74, 6) is -0.201. The summed E-state index contributed by atoms with van der Waals surface area (Å²) in [6, 6.07) is -0.872. The highest BCUT2D eigenvalue weighted by Gasteiger charge is 2.27. The van der Waals surface area contributed by atoms with Crippen molar-refractivity contribution < 1.29 is 32.9 Å². The molecular formula is C55H96N2O6P+. The number of allylic oxidation sites excluding steroid dienone is 17. The Bertz CT molecular complexity index is 1400. The lowest BCUT2D eigenvalue weighted by molar-refractivity contribution is -0.870. The molecule has 0 rings (SSSR count). The van der Waals surface area contributed by atoms with Crippen LogP contribution in [0, 0.1) is 0 Å². The monoisotopic (exact) mass is 912 g/mol. The van der Waals surface area contributed by atoms with Crippen LogP contribution in [-0.4, -0.2) is 73.4 Å². The lowest BCUT2D eigenvalue weighted by Crippen LogP contribution is -2.45. The summed E-state index contributed by atoms with van der Waals surface area (Å²) in [5, 5.41) is 13.8. The number of unbranched alkanes of at least 4 members (excludes halogenated alkanes) is 15. The molecule has 0 bridgehead atoms. The maximum Gasteiger partial charge on any atom is 0.472 e. The molecule has 0 aromatic rings. The zero-order chi connectivity index (χ0) is 47.1. The molecule has 9 heteroatoms. The van der Waals surface area contributed by atoms with E-state index in [1.165, 1.54) is 70.6 Å². The number of rotatable bonds is 44. The van der Waals surface area contributed by atoms with Crippen molar-refractivity contribution in [3.05, 3.63) is 109 Å². The number of quaternary nitrogens is 1. The van der Waals surface area contributed by atoms with E-state index in [0.717, 1.165) is 89.9 Å². The van der Waals surface area contributed by atoms with Gasteiger partial charge in [0.2, 0.25) is 5.91 Å². The predicted octanol–water partition coefficient (Wildman–Crippen LogP) is 14.9. The standard InChI is InChI=1S/C55H95N2O6P/c1-6-8-10-12-14-16-18-19-20-21-22-23-24-25-26-27-28-29-30-31-32-33-34-35-36-37-39-41-43-45-47-49-55(59)56-53(52-63-64(60,61)62-51-50-57(3,4)5)54(58)48-46-44-42-40-38-17-15-13-11-9-7-2/h8,10,14,16,19-20,22-23,25-26,28-29,31-32,38,40,46,48,53-54,58H,6-7,9,11-13,15,17-18,21,24,27,30,33-37,39,41-45,47,49-52H2,1-5H3,(H-,56,59,60,61)/p+1/b10-8-,16-14-,20-19-,23-22-,26-25-,29-28-,32-31-,40-38+,48-46+. The molecular weight excluding hydrogens is 816 g/mol. The normalized spacial score (nSPS) is 15.0. The van der Waals surface area contributed by atoms with Crippen molar-refractivity contribution >= 4 is 13.7 Å². The van der Waals surface area contributed by atoms with Crippen molar-refractivity contribution in [1.82, 2.24) is 5.32 Å². The Hall–Kier alpha value is -2.84. The Kier molecular flexibility index (Phi) is 43.3. The number of phosphoric ester groups is 1. The first-order chi connectivity index (χ1) is 31.0. The number of carbonyl (C=O) groups is 1. The second kappa shape index (κ2) is 45.3. The molecule has 0 aliphatic carbocycles. The molecule has 3 atom stereocenters. The molecule has 0 spiro atoms. The van der Waals surface area contributed by atoms with Crippen molar-refractivity contribution in [1.29, 1.82) is 0 Å². The fourth-order valence-electron chi connectivity index (χ4n) is 6.51. The van der Waals surface area contributed by atoms with Gasteiger partial charge in [-0.05, 0) is 89.9 Å². The maximum atomic E-state index is 12.9. The quantitative estimate of drug-likeness (QED) is 0.0243. The van der Waals surface area contributed by atoms with E-state index in [9.17, 15) is 19.4 Å². The molecule has 0 aromatic carbocycles. The summed E-state index contributed by atoms with van der Waals surface area (Å²) < 4.78 is 23.5. The van der Waals surface area contributed by atoms with Gasteiger partial charge >= 0.3 is 7.82 Å². The number of nitrogens with one attached hydrogen (secondary N) is 1. The SMILES string of the molecule is CC/C=C\C/C=C\C/C=C\C/C=C\C/C=C\C/C=C\C/C=C\CCCCCCCCCCCC(=O)NC(COP(=O)(O)OCC[N+](C)(C)C)C(O)/C=C/CC/C=C/CCCCCCC. The molecule has 3 unspecified atom stereocenters. The Morgan fingerprint density at radius 1 is 0.547 bits per heavy atom. The first-order valence-corrected chi connectivity index (χ1v) is 26.8. The highest BCUT2D eigenvalue weighted by atomic mass is 31.2. The van der Waals surface area contributed by atoms with Gasteiger partial charge in [-0.3, -0.25) is 13.8 Å². The van der Waals surface area contributed by atoms with Crippen LogP contribution in [0.15, 0.2) is 109 Å². The van der Waals surface area contributed by atoms with Crippen molar-refractivity contribution in [2.45, 2.75) is 193 Å².